The van der Waals surface area contributed by atoms with Gasteiger partial charge in [-0.05, 0) is 19.1 Å². The SMILES string of the molecule is Cc1[nH]n(C)c(=S)c1C=Nc1ccccc1. The maximum Gasteiger partial charge on any atom is 0.130 e. The van der Waals surface area contributed by atoms with Crippen molar-refractivity contribution in [1.29, 1.82) is 0 Å². The molecular weight excluding hydrogens is 218 g/mol. The van der Waals surface area contributed by atoms with E-state index in [2.05, 4.69) is 10.1 Å². The van der Waals surface area contributed by atoms with Crippen LogP contribution in [-0.2, 0) is 7.05 Å². The Hall–Kier alpha value is -1.68. The molecule has 1 aromatic carbocycles. The van der Waals surface area contributed by atoms with Crippen molar-refractivity contribution in [1.82, 2.24) is 9.78 Å². The first-order valence-corrected chi connectivity index (χ1v) is 5.44. The van der Waals surface area contributed by atoms with Crippen molar-refractivity contribution in [2.24, 2.45) is 12.0 Å². The highest BCUT2D eigenvalue weighted by molar-refractivity contribution is 7.71. The third-order valence-electron chi connectivity index (χ3n) is 2.37. The second-order valence-electron chi connectivity index (χ2n) is 3.61. The Bertz CT molecular complexity index is 564. The summed E-state index contributed by atoms with van der Waals surface area (Å²) in [6.45, 7) is 1.99. The largest absolute Gasteiger partial charge is 0.301 e. The number of hydrogen-bond donors (Lipinski definition) is 1. The molecule has 0 amide bonds. The number of nitrogens with one attached hydrogen (secondary N) is 1. The van der Waals surface area contributed by atoms with Gasteiger partial charge in [-0.15, -0.1) is 0 Å². The Morgan fingerprint density at radius 2 is 2.00 bits per heavy atom. The molecule has 0 radical (unpaired) electrons. The molecule has 0 saturated carbocycles. The van der Waals surface area contributed by atoms with Crippen molar-refractivity contribution >= 4 is 24.1 Å². The van der Waals surface area contributed by atoms with Gasteiger partial charge in [-0.1, -0.05) is 30.4 Å². The number of para-hydroxylation sites is 1. The Kier molecular flexibility index (Phi) is 3.01. The molecule has 82 valence electrons. The van der Waals surface area contributed by atoms with Crippen LogP contribution in [0.15, 0.2) is 35.3 Å². The van der Waals surface area contributed by atoms with Crippen LogP contribution < -0.4 is 0 Å². The molecule has 0 saturated heterocycles. The van der Waals surface area contributed by atoms with Crippen LogP contribution in [0.2, 0.25) is 0 Å². The minimum atomic E-state index is 0.775. The van der Waals surface area contributed by atoms with Gasteiger partial charge in [0.1, 0.15) is 4.64 Å². The lowest BCUT2D eigenvalue weighted by Gasteiger charge is -1.91. The smallest absolute Gasteiger partial charge is 0.130 e. The van der Waals surface area contributed by atoms with Crippen LogP contribution in [0.5, 0.6) is 0 Å². The standard InChI is InChI=1S/C12H13N3S/c1-9-11(12(16)15(2)14-9)8-13-10-6-4-3-5-7-10/h3-8,14H,1-2H3. The lowest BCUT2D eigenvalue weighted by molar-refractivity contribution is 0.747. The maximum absolute atomic E-state index is 5.27. The minimum absolute atomic E-state index is 0.775. The molecule has 1 N–H and O–H groups in total. The number of aryl methyl sites for hydroxylation is 2. The highest BCUT2D eigenvalue weighted by atomic mass is 32.1. The number of hydrogen-bond acceptors (Lipinski definition) is 2. The van der Waals surface area contributed by atoms with Gasteiger partial charge in [-0.25, -0.2) is 0 Å². The summed E-state index contributed by atoms with van der Waals surface area (Å²) in [6.07, 6.45) is 1.81. The first kappa shape index (κ1) is 10.8. The van der Waals surface area contributed by atoms with E-state index in [0.717, 1.165) is 21.6 Å². The van der Waals surface area contributed by atoms with Gasteiger partial charge in [-0.2, -0.15) is 0 Å². The molecule has 4 heteroatoms. The van der Waals surface area contributed by atoms with Gasteiger partial charge in [0.2, 0.25) is 0 Å². The summed E-state index contributed by atoms with van der Waals surface area (Å²) in [6, 6.07) is 9.82. The first-order valence-electron chi connectivity index (χ1n) is 5.03. The fraction of sp³-hybridized carbons (Fsp3) is 0.167. The van der Waals surface area contributed by atoms with Gasteiger partial charge < -0.3 is 5.10 Å². The summed E-state index contributed by atoms with van der Waals surface area (Å²) in [7, 11) is 1.90. The second kappa shape index (κ2) is 4.45. The molecule has 1 heterocycles. The first-order chi connectivity index (χ1) is 7.68. The summed E-state index contributed by atoms with van der Waals surface area (Å²) in [5, 5.41) is 3.13. The number of aliphatic imine (C=N–C) groups is 1. The lowest BCUT2D eigenvalue weighted by Crippen LogP contribution is -1.88. The van der Waals surface area contributed by atoms with Crippen LogP contribution >= 0.6 is 12.2 Å². The van der Waals surface area contributed by atoms with E-state index in [1.54, 1.807) is 0 Å². The normalized spacial score (nSPS) is 11.1. The van der Waals surface area contributed by atoms with Crippen LogP contribution in [0.4, 0.5) is 5.69 Å². The molecular formula is C12H13N3S. The zero-order valence-corrected chi connectivity index (χ0v) is 10.1. The van der Waals surface area contributed by atoms with Crippen LogP contribution in [0, 0.1) is 11.6 Å². The second-order valence-corrected chi connectivity index (χ2v) is 4.00. The number of aromatic nitrogens is 2. The minimum Gasteiger partial charge on any atom is -0.301 e. The van der Waals surface area contributed by atoms with Crippen molar-refractivity contribution in [2.75, 3.05) is 0 Å². The molecule has 2 rings (SSSR count). The summed E-state index contributed by atoms with van der Waals surface area (Å²) >= 11 is 5.27. The van der Waals surface area contributed by atoms with Crippen LogP contribution in [0.25, 0.3) is 0 Å². The van der Waals surface area contributed by atoms with E-state index in [-0.39, 0.29) is 0 Å². The Balaban J connectivity index is 2.35. The molecule has 16 heavy (non-hydrogen) atoms. The molecule has 0 spiro atoms. The van der Waals surface area contributed by atoms with E-state index in [0.29, 0.717) is 0 Å². The number of rotatable bonds is 2. The van der Waals surface area contributed by atoms with E-state index >= 15 is 0 Å². The van der Waals surface area contributed by atoms with Gasteiger partial charge in [0.25, 0.3) is 0 Å². The third kappa shape index (κ3) is 2.12. The number of nitrogens with zero attached hydrogens (tertiary/aromatic N) is 2. The van der Waals surface area contributed by atoms with E-state index in [9.17, 15) is 0 Å². The summed E-state index contributed by atoms with van der Waals surface area (Å²) in [5.74, 6) is 0. The summed E-state index contributed by atoms with van der Waals surface area (Å²) < 4.78 is 2.59. The molecule has 1 aromatic heterocycles. The molecule has 0 aliphatic rings. The van der Waals surface area contributed by atoms with Crippen LogP contribution in [-0.4, -0.2) is 16.0 Å². The third-order valence-corrected chi connectivity index (χ3v) is 2.87. The zero-order chi connectivity index (χ0) is 11.5. The topological polar surface area (TPSA) is 33.1 Å². The molecule has 0 atom stereocenters. The van der Waals surface area contributed by atoms with Crippen LogP contribution in [0.3, 0.4) is 0 Å². The van der Waals surface area contributed by atoms with Gasteiger partial charge in [0, 0.05) is 24.5 Å². The molecule has 0 unspecified atom stereocenters. The van der Waals surface area contributed by atoms with Crippen LogP contribution in [0.1, 0.15) is 11.3 Å². The molecule has 0 aliphatic heterocycles. The average molecular weight is 231 g/mol. The molecule has 2 aromatic rings. The molecule has 0 fully saturated rings. The van der Waals surface area contributed by atoms with E-state index in [1.165, 1.54) is 0 Å². The highest BCUT2D eigenvalue weighted by Gasteiger charge is 2.02. The predicted molar refractivity (Wildman–Crippen MR) is 69.0 cm³/mol. The monoisotopic (exact) mass is 231 g/mol. The molecule has 0 aliphatic carbocycles. The molecule has 0 bridgehead atoms. The number of benzene rings is 1. The van der Waals surface area contributed by atoms with Gasteiger partial charge in [0.05, 0.1) is 5.69 Å². The van der Waals surface area contributed by atoms with Crippen molar-refractivity contribution < 1.29 is 0 Å². The maximum atomic E-state index is 5.27. The van der Waals surface area contributed by atoms with E-state index in [1.807, 2.05) is 55.2 Å². The predicted octanol–water partition coefficient (Wildman–Crippen LogP) is 3.14. The van der Waals surface area contributed by atoms with Gasteiger partial charge in [0.15, 0.2) is 0 Å². The number of H-pyrrole nitrogens is 1. The fourth-order valence-electron chi connectivity index (χ4n) is 1.51. The average Bonchev–Trinajstić information content (AvgIpc) is 2.53. The molecule has 3 nitrogen and oxygen atoms in total. The fourth-order valence-corrected chi connectivity index (χ4v) is 1.76. The van der Waals surface area contributed by atoms with Gasteiger partial charge >= 0.3 is 0 Å². The highest BCUT2D eigenvalue weighted by Crippen LogP contribution is 2.11. The quantitative estimate of drug-likeness (QED) is 0.625. The Morgan fingerprint density at radius 1 is 1.31 bits per heavy atom. The van der Waals surface area contributed by atoms with E-state index in [4.69, 9.17) is 12.2 Å². The van der Waals surface area contributed by atoms with Crippen molar-refractivity contribution in [3.63, 3.8) is 0 Å². The Morgan fingerprint density at radius 3 is 2.56 bits per heavy atom. The lowest BCUT2D eigenvalue weighted by atomic mass is 10.3. The van der Waals surface area contributed by atoms with Crippen molar-refractivity contribution in [3.05, 3.63) is 46.2 Å². The zero-order valence-electron chi connectivity index (χ0n) is 9.27. The van der Waals surface area contributed by atoms with Gasteiger partial charge in [-0.3, -0.25) is 9.67 Å². The summed E-state index contributed by atoms with van der Waals surface area (Å²) in [5.41, 5.74) is 2.94. The Labute approximate surface area is 99.4 Å². The van der Waals surface area contributed by atoms with Crippen molar-refractivity contribution in [2.45, 2.75) is 6.92 Å². The van der Waals surface area contributed by atoms with E-state index < -0.39 is 0 Å². The number of aromatic amines is 1. The summed E-state index contributed by atoms with van der Waals surface area (Å²) in [4.78, 5) is 4.39. The van der Waals surface area contributed by atoms with Crippen molar-refractivity contribution in [3.8, 4) is 0 Å².